The van der Waals surface area contributed by atoms with Crippen molar-refractivity contribution in [3.05, 3.63) is 28.8 Å². The van der Waals surface area contributed by atoms with E-state index >= 15 is 0 Å². The van der Waals surface area contributed by atoms with Crippen molar-refractivity contribution in [3.8, 4) is 5.75 Å². The van der Waals surface area contributed by atoms with Crippen molar-refractivity contribution in [1.82, 2.24) is 0 Å². The first-order valence-electron chi connectivity index (χ1n) is 4.42. The fraction of sp³-hybridized carbons (Fsp3) is 0.364. The number of ketones is 1. The van der Waals surface area contributed by atoms with Gasteiger partial charge >= 0.3 is 0 Å². The van der Waals surface area contributed by atoms with Crippen LogP contribution in [0.15, 0.2) is 12.1 Å². The number of rotatable bonds is 2. The van der Waals surface area contributed by atoms with E-state index in [4.69, 9.17) is 0 Å². The van der Waals surface area contributed by atoms with Crippen LogP contribution in [0.4, 0.5) is 0 Å². The molecule has 0 fully saturated rings. The van der Waals surface area contributed by atoms with Gasteiger partial charge in [-0.05, 0) is 44.0 Å². The average molecular weight is 257 g/mol. The molecule has 0 amide bonds. The molecule has 0 aliphatic carbocycles. The first-order chi connectivity index (χ1) is 6.43. The van der Waals surface area contributed by atoms with Crippen LogP contribution >= 0.6 is 15.9 Å². The van der Waals surface area contributed by atoms with E-state index in [0.29, 0.717) is 5.56 Å². The van der Waals surface area contributed by atoms with Crippen LogP contribution in [0.2, 0.25) is 0 Å². The fourth-order valence-electron chi connectivity index (χ4n) is 1.33. The molecule has 2 nitrogen and oxygen atoms in total. The van der Waals surface area contributed by atoms with Crippen molar-refractivity contribution >= 4 is 21.7 Å². The molecule has 1 rings (SSSR count). The second kappa shape index (κ2) is 4.13. The molecule has 0 bridgehead atoms. The van der Waals surface area contributed by atoms with Gasteiger partial charge in [0.1, 0.15) is 5.75 Å². The summed E-state index contributed by atoms with van der Waals surface area (Å²) in [5.41, 5.74) is 2.12. The van der Waals surface area contributed by atoms with Crippen LogP contribution in [0.5, 0.6) is 5.75 Å². The SMILES string of the molecule is Cc1cc(C(=O)C(C)Br)cc(C)c1O. The number of phenols is 1. The van der Waals surface area contributed by atoms with E-state index < -0.39 is 0 Å². The first kappa shape index (κ1) is 11.2. The number of aryl methyl sites for hydroxylation is 2. The Morgan fingerprint density at radius 1 is 1.36 bits per heavy atom. The molecular formula is C11H13BrO2. The van der Waals surface area contributed by atoms with Crippen LogP contribution < -0.4 is 0 Å². The highest BCUT2D eigenvalue weighted by Gasteiger charge is 2.14. The van der Waals surface area contributed by atoms with E-state index in [0.717, 1.165) is 11.1 Å². The predicted molar refractivity (Wildman–Crippen MR) is 60.3 cm³/mol. The monoisotopic (exact) mass is 256 g/mol. The number of aromatic hydroxyl groups is 1. The number of hydrogen-bond donors (Lipinski definition) is 1. The minimum Gasteiger partial charge on any atom is -0.507 e. The third-order valence-electron chi connectivity index (χ3n) is 2.14. The van der Waals surface area contributed by atoms with E-state index in [2.05, 4.69) is 15.9 Å². The maximum absolute atomic E-state index is 11.6. The lowest BCUT2D eigenvalue weighted by Gasteiger charge is -2.08. The van der Waals surface area contributed by atoms with E-state index in [1.807, 2.05) is 0 Å². The molecule has 1 aromatic rings. The van der Waals surface area contributed by atoms with Crippen molar-refractivity contribution < 1.29 is 9.90 Å². The molecule has 0 aliphatic heterocycles. The summed E-state index contributed by atoms with van der Waals surface area (Å²) < 4.78 is 0. The summed E-state index contributed by atoms with van der Waals surface area (Å²) in [5.74, 6) is 0.306. The molecule has 1 atom stereocenters. The van der Waals surface area contributed by atoms with E-state index in [1.165, 1.54) is 0 Å². The van der Waals surface area contributed by atoms with Gasteiger partial charge in [-0.15, -0.1) is 0 Å². The molecule has 0 aliphatic rings. The summed E-state index contributed by atoms with van der Waals surface area (Å²) in [7, 11) is 0. The zero-order valence-corrected chi connectivity index (χ0v) is 10.1. The van der Waals surface area contributed by atoms with Crippen LogP contribution in [0.25, 0.3) is 0 Å². The third-order valence-corrected chi connectivity index (χ3v) is 2.55. The zero-order valence-electron chi connectivity index (χ0n) is 8.47. The predicted octanol–water partition coefficient (Wildman–Crippen LogP) is 2.98. The summed E-state index contributed by atoms with van der Waals surface area (Å²) in [5, 5.41) is 9.53. The standard InChI is InChI=1S/C11H13BrO2/c1-6-4-9(11(14)8(3)12)5-7(2)10(6)13/h4-5,8,13H,1-3H3. The Morgan fingerprint density at radius 2 is 1.79 bits per heavy atom. The molecule has 0 aromatic heterocycles. The second-order valence-electron chi connectivity index (χ2n) is 3.44. The molecule has 1 aromatic carbocycles. The van der Waals surface area contributed by atoms with Crippen molar-refractivity contribution in [2.45, 2.75) is 25.6 Å². The Kier molecular flexibility index (Phi) is 3.32. The van der Waals surface area contributed by atoms with E-state index in [9.17, 15) is 9.90 Å². The van der Waals surface area contributed by atoms with Crippen LogP contribution in [-0.2, 0) is 0 Å². The highest BCUT2D eigenvalue weighted by Crippen LogP contribution is 2.24. The molecule has 0 spiro atoms. The van der Waals surface area contributed by atoms with Gasteiger partial charge in [0.05, 0.1) is 4.83 Å². The molecular weight excluding hydrogens is 244 g/mol. The number of alkyl halides is 1. The Balaban J connectivity index is 3.19. The normalized spacial score (nSPS) is 12.6. The molecule has 1 N–H and O–H groups in total. The quantitative estimate of drug-likeness (QED) is 0.653. The Morgan fingerprint density at radius 3 is 2.14 bits per heavy atom. The maximum Gasteiger partial charge on any atom is 0.176 e. The van der Waals surface area contributed by atoms with Crippen LogP contribution in [-0.4, -0.2) is 15.7 Å². The van der Waals surface area contributed by atoms with Gasteiger partial charge in [-0.1, -0.05) is 15.9 Å². The van der Waals surface area contributed by atoms with E-state index in [1.54, 1.807) is 32.9 Å². The van der Waals surface area contributed by atoms with Crippen LogP contribution in [0, 0.1) is 13.8 Å². The smallest absolute Gasteiger partial charge is 0.176 e. The van der Waals surface area contributed by atoms with Crippen molar-refractivity contribution in [1.29, 1.82) is 0 Å². The summed E-state index contributed by atoms with van der Waals surface area (Å²) >= 11 is 3.23. The molecule has 0 radical (unpaired) electrons. The van der Waals surface area contributed by atoms with Crippen molar-refractivity contribution in [2.24, 2.45) is 0 Å². The van der Waals surface area contributed by atoms with Gasteiger partial charge < -0.3 is 5.11 Å². The molecule has 14 heavy (non-hydrogen) atoms. The molecule has 76 valence electrons. The van der Waals surface area contributed by atoms with Crippen LogP contribution in [0.3, 0.4) is 0 Å². The van der Waals surface area contributed by atoms with Gasteiger partial charge in [0.2, 0.25) is 0 Å². The molecule has 1 unspecified atom stereocenters. The average Bonchev–Trinajstić information content (AvgIpc) is 2.12. The second-order valence-corrected chi connectivity index (χ2v) is 4.81. The van der Waals surface area contributed by atoms with E-state index in [-0.39, 0.29) is 16.4 Å². The minimum absolute atomic E-state index is 0.0381. The van der Waals surface area contributed by atoms with Gasteiger partial charge in [-0.2, -0.15) is 0 Å². The zero-order chi connectivity index (χ0) is 10.9. The maximum atomic E-state index is 11.6. The highest BCUT2D eigenvalue weighted by molar-refractivity contribution is 9.10. The number of halogens is 1. The summed E-state index contributed by atoms with van der Waals surface area (Å²) in [4.78, 5) is 11.4. The van der Waals surface area contributed by atoms with Gasteiger partial charge in [-0.3, -0.25) is 4.79 Å². The minimum atomic E-state index is -0.189. The van der Waals surface area contributed by atoms with Gasteiger partial charge in [0.15, 0.2) is 5.78 Å². The first-order valence-corrected chi connectivity index (χ1v) is 5.33. The van der Waals surface area contributed by atoms with Crippen molar-refractivity contribution in [2.75, 3.05) is 0 Å². The highest BCUT2D eigenvalue weighted by atomic mass is 79.9. The number of benzene rings is 1. The lowest BCUT2D eigenvalue weighted by Crippen LogP contribution is -2.10. The fourth-order valence-corrected chi connectivity index (χ4v) is 1.59. The number of carbonyl (C=O) groups is 1. The number of carbonyl (C=O) groups excluding carboxylic acids is 1. The van der Waals surface area contributed by atoms with Crippen molar-refractivity contribution in [3.63, 3.8) is 0 Å². The molecule has 3 heteroatoms. The number of phenolic OH excluding ortho intramolecular Hbond substituents is 1. The molecule has 0 heterocycles. The summed E-state index contributed by atoms with van der Waals surface area (Å²) in [6, 6.07) is 3.42. The Hall–Kier alpha value is -0.830. The third kappa shape index (κ3) is 2.15. The van der Waals surface area contributed by atoms with Gasteiger partial charge in [0.25, 0.3) is 0 Å². The lowest BCUT2D eigenvalue weighted by molar-refractivity contribution is 0.0995. The summed E-state index contributed by atoms with van der Waals surface area (Å²) in [6.45, 7) is 5.37. The molecule has 0 saturated carbocycles. The van der Waals surface area contributed by atoms with Crippen LogP contribution in [0.1, 0.15) is 28.4 Å². The largest absolute Gasteiger partial charge is 0.507 e. The van der Waals surface area contributed by atoms with Gasteiger partial charge in [-0.25, -0.2) is 0 Å². The van der Waals surface area contributed by atoms with Gasteiger partial charge in [0, 0.05) is 5.56 Å². The number of Topliss-reactive ketones (excluding diaryl/α,β-unsaturated/α-hetero) is 1. The lowest BCUT2D eigenvalue weighted by atomic mass is 10.0. The Bertz CT molecular complexity index is 347. The molecule has 0 saturated heterocycles. The summed E-state index contributed by atoms with van der Waals surface area (Å²) in [6.07, 6.45) is 0. The Labute approximate surface area is 92.1 Å². The number of hydrogen-bond acceptors (Lipinski definition) is 2. The topological polar surface area (TPSA) is 37.3 Å².